The highest BCUT2D eigenvalue weighted by atomic mass is 16.3. The van der Waals surface area contributed by atoms with Crippen molar-refractivity contribution >= 4 is 22.4 Å². The zero-order chi connectivity index (χ0) is 19.3. The van der Waals surface area contributed by atoms with Crippen LogP contribution in [0.15, 0.2) is 91.0 Å². The molecule has 2 N–H and O–H groups in total. The highest BCUT2D eigenvalue weighted by Crippen LogP contribution is 2.26. The lowest BCUT2D eigenvalue weighted by atomic mass is 10.0. The number of hydrogen-bond acceptors (Lipinski definition) is 2. The molecule has 138 valence electrons. The maximum absolute atomic E-state index is 12.6. The predicted molar refractivity (Wildman–Crippen MR) is 114 cm³/mol. The number of carbonyl (C=O) groups is 1. The number of amides is 1. The van der Waals surface area contributed by atoms with Crippen molar-refractivity contribution < 1.29 is 9.90 Å². The molecule has 0 spiro atoms. The van der Waals surface area contributed by atoms with Gasteiger partial charge in [-0.25, -0.2) is 0 Å². The number of benzene rings is 4. The van der Waals surface area contributed by atoms with Gasteiger partial charge in [-0.05, 0) is 59.0 Å². The third-order valence-corrected chi connectivity index (χ3v) is 4.87. The first-order valence-corrected chi connectivity index (χ1v) is 9.35. The number of phenols is 1. The summed E-state index contributed by atoms with van der Waals surface area (Å²) in [5.41, 5.74) is 3.51. The highest BCUT2D eigenvalue weighted by Gasteiger charge is 2.12. The van der Waals surface area contributed by atoms with E-state index in [0.29, 0.717) is 5.69 Å². The highest BCUT2D eigenvalue weighted by molar-refractivity contribution is 6.08. The van der Waals surface area contributed by atoms with Crippen LogP contribution in [0.1, 0.15) is 21.5 Å². The Hall–Kier alpha value is -3.59. The van der Waals surface area contributed by atoms with Crippen molar-refractivity contribution in [1.82, 2.24) is 0 Å². The molecule has 0 saturated carbocycles. The van der Waals surface area contributed by atoms with Crippen molar-refractivity contribution in [2.24, 2.45) is 0 Å². The summed E-state index contributed by atoms with van der Waals surface area (Å²) < 4.78 is 0. The standard InChI is InChI=1S/C25H21NO2/c27-24-17-21-9-5-4-8-20(21)16-23(24)25(28)26-22-14-12-19(13-15-22)11-10-18-6-2-1-3-7-18/h1-9,12-17,27H,10-11H2,(H,26,28). The van der Waals surface area contributed by atoms with Crippen molar-refractivity contribution in [1.29, 1.82) is 0 Å². The van der Waals surface area contributed by atoms with E-state index in [1.165, 1.54) is 11.1 Å². The Labute approximate surface area is 164 Å². The lowest BCUT2D eigenvalue weighted by molar-refractivity contribution is 0.102. The first kappa shape index (κ1) is 17.8. The number of aryl methyl sites for hydroxylation is 2. The first-order valence-electron chi connectivity index (χ1n) is 9.35. The fraction of sp³-hybridized carbons (Fsp3) is 0.0800. The summed E-state index contributed by atoms with van der Waals surface area (Å²) in [6.07, 6.45) is 1.93. The number of carbonyl (C=O) groups excluding carboxylic acids is 1. The van der Waals surface area contributed by atoms with Crippen LogP contribution in [0.5, 0.6) is 5.75 Å². The Morgan fingerprint density at radius 1 is 0.714 bits per heavy atom. The molecule has 0 fully saturated rings. The molecule has 4 aromatic carbocycles. The summed E-state index contributed by atoms with van der Waals surface area (Å²) in [6, 6.07) is 29.2. The average molecular weight is 367 g/mol. The monoisotopic (exact) mass is 367 g/mol. The maximum Gasteiger partial charge on any atom is 0.259 e. The van der Waals surface area contributed by atoms with Gasteiger partial charge in [-0.3, -0.25) is 4.79 Å². The van der Waals surface area contributed by atoms with E-state index in [1.807, 2.05) is 54.6 Å². The van der Waals surface area contributed by atoms with Crippen LogP contribution in [-0.2, 0) is 12.8 Å². The summed E-state index contributed by atoms with van der Waals surface area (Å²) in [5, 5.41) is 14.9. The van der Waals surface area contributed by atoms with Crippen LogP contribution in [0.3, 0.4) is 0 Å². The Morgan fingerprint density at radius 3 is 1.96 bits per heavy atom. The van der Waals surface area contributed by atoms with E-state index < -0.39 is 0 Å². The lowest BCUT2D eigenvalue weighted by Gasteiger charge is -2.09. The average Bonchev–Trinajstić information content (AvgIpc) is 2.73. The largest absolute Gasteiger partial charge is 0.507 e. The summed E-state index contributed by atoms with van der Waals surface area (Å²) >= 11 is 0. The van der Waals surface area contributed by atoms with E-state index in [1.54, 1.807) is 12.1 Å². The van der Waals surface area contributed by atoms with E-state index >= 15 is 0 Å². The minimum absolute atomic E-state index is 0.0179. The van der Waals surface area contributed by atoms with Crippen LogP contribution in [0.4, 0.5) is 5.69 Å². The molecular formula is C25H21NO2. The van der Waals surface area contributed by atoms with E-state index in [2.05, 4.69) is 29.6 Å². The molecule has 0 atom stereocenters. The SMILES string of the molecule is O=C(Nc1ccc(CCc2ccccc2)cc1)c1cc2ccccc2cc1O. The van der Waals surface area contributed by atoms with E-state index in [0.717, 1.165) is 23.6 Å². The van der Waals surface area contributed by atoms with Gasteiger partial charge in [-0.1, -0.05) is 66.7 Å². The third-order valence-electron chi connectivity index (χ3n) is 4.87. The molecule has 28 heavy (non-hydrogen) atoms. The van der Waals surface area contributed by atoms with Gasteiger partial charge in [-0.15, -0.1) is 0 Å². The van der Waals surface area contributed by atoms with Crippen molar-refractivity contribution in [3.63, 3.8) is 0 Å². The number of nitrogens with one attached hydrogen (secondary N) is 1. The van der Waals surface area contributed by atoms with Crippen LogP contribution >= 0.6 is 0 Å². The Kier molecular flexibility index (Phi) is 5.07. The van der Waals surface area contributed by atoms with Gasteiger partial charge in [0.2, 0.25) is 0 Å². The molecule has 0 saturated heterocycles. The number of fused-ring (bicyclic) bond motifs is 1. The summed E-state index contributed by atoms with van der Waals surface area (Å²) in [7, 11) is 0. The van der Waals surface area contributed by atoms with Crippen molar-refractivity contribution in [2.75, 3.05) is 5.32 Å². The lowest BCUT2D eigenvalue weighted by Crippen LogP contribution is -2.12. The molecule has 0 bridgehead atoms. The molecule has 0 radical (unpaired) electrons. The number of rotatable bonds is 5. The number of aromatic hydroxyl groups is 1. The van der Waals surface area contributed by atoms with Gasteiger partial charge in [0.25, 0.3) is 5.91 Å². The zero-order valence-electron chi connectivity index (χ0n) is 15.4. The minimum Gasteiger partial charge on any atom is -0.507 e. The maximum atomic E-state index is 12.6. The topological polar surface area (TPSA) is 49.3 Å². The fourth-order valence-corrected chi connectivity index (χ4v) is 3.30. The number of anilines is 1. The van der Waals surface area contributed by atoms with Gasteiger partial charge >= 0.3 is 0 Å². The second kappa shape index (κ2) is 7.97. The fourth-order valence-electron chi connectivity index (χ4n) is 3.30. The molecular weight excluding hydrogens is 346 g/mol. The molecule has 0 heterocycles. The quantitative estimate of drug-likeness (QED) is 0.483. The molecule has 4 aromatic rings. The molecule has 0 aliphatic carbocycles. The Morgan fingerprint density at radius 2 is 1.29 bits per heavy atom. The van der Waals surface area contributed by atoms with Gasteiger partial charge in [-0.2, -0.15) is 0 Å². The Bertz CT molecular complexity index is 1100. The molecule has 0 unspecified atom stereocenters. The van der Waals surface area contributed by atoms with E-state index in [4.69, 9.17) is 0 Å². The van der Waals surface area contributed by atoms with Crippen LogP contribution in [0, 0.1) is 0 Å². The van der Waals surface area contributed by atoms with Crippen LogP contribution < -0.4 is 5.32 Å². The van der Waals surface area contributed by atoms with Crippen molar-refractivity contribution in [2.45, 2.75) is 12.8 Å². The van der Waals surface area contributed by atoms with Gasteiger partial charge in [0.1, 0.15) is 5.75 Å². The van der Waals surface area contributed by atoms with Crippen molar-refractivity contribution in [3.05, 3.63) is 108 Å². The zero-order valence-corrected chi connectivity index (χ0v) is 15.4. The number of hydrogen-bond donors (Lipinski definition) is 2. The van der Waals surface area contributed by atoms with Crippen LogP contribution in [0.25, 0.3) is 10.8 Å². The normalized spacial score (nSPS) is 10.7. The van der Waals surface area contributed by atoms with Gasteiger partial charge in [0.05, 0.1) is 5.56 Å². The van der Waals surface area contributed by atoms with E-state index in [9.17, 15) is 9.90 Å². The molecule has 3 heteroatoms. The van der Waals surface area contributed by atoms with Crippen molar-refractivity contribution in [3.8, 4) is 5.75 Å². The van der Waals surface area contributed by atoms with Gasteiger partial charge < -0.3 is 10.4 Å². The minimum atomic E-state index is -0.319. The summed E-state index contributed by atoms with van der Waals surface area (Å²) in [6.45, 7) is 0. The van der Waals surface area contributed by atoms with E-state index in [-0.39, 0.29) is 17.2 Å². The smallest absolute Gasteiger partial charge is 0.259 e. The van der Waals surface area contributed by atoms with Crippen LogP contribution in [-0.4, -0.2) is 11.0 Å². The van der Waals surface area contributed by atoms with Gasteiger partial charge in [0, 0.05) is 5.69 Å². The molecule has 1 amide bonds. The molecule has 3 nitrogen and oxygen atoms in total. The summed E-state index contributed by atoms with van der Waals surface area (Å²) in [4.78, 5) is 12.6. The molecule has 0 aliphatic rings. The molecule has 0 aliphatic heterocycles. The Balaban J connectivity index is 1.44. The van der Waals surface area contributed by atoms with Crippen LogP contribution in [0.2, 0.25) is 0 Å². The molecule has 0 aromatic heterocycles. The summed E-state index contributed by atoms with van der Waals surface area (Å²) in [5.74, 6) is -0.337. The van der Waals surface area contributed by atoms with Gasteiger partial charge in [0.15, 0.2) is 0 Å². The molecule has 4 rings (SSSR count). The number of phenolic OH excluding ortho intramolecular Hbond substituents is 1. The third kappa shape index (κ3) is 4.04. The second-order valence-corrected chi connectivity index (χ2v) is 6.85. The first-order chi connectivity index (χ1) is 13.7. The predicted octanol–water partition coefficient (Wildman–Crippen LogP) is 5.58. The second-order valence-electron chi connectivity index (χ2n) is 6.85.